The molecule has 0 radical (unpaired) electrons. The SMILES string of the molecule is O=C(CSCCNC(=O)OCC1c2ccccc2-c2ccccc21)NC(C(=O)O)c1ccccc1. The summed E-state index contributed by atoms with van der Waals surface area (Å²) >= 11 is 1.30. The zero-order chi connectivity index (χ0) is 24.6. The number of alkyl carbamates (subject to hydrolysis) is 1. The second-order valence-electron chi connectivity index (χ2n) is 8.05. The molecular formula is C27H26N2O5S. The molecule has 0 aromatic heterocycles. The van der Waals surface area contributed by atoms with Crippen LogP contribution in [0.15, 0.2) is 78.9 Å². The number of ether oxygens (including phenoxy) is 1. The number of fused-ring (bicyclic) bond motifs is 3. The lowest BCUT2D eigenvalue weighted by Crippen LogP contribution is -2.35. The smallest absolute Gasteiger partial charge is 0.407 e. The summed E-state index contributed by atoms with van der Waals surface area (Å²) in [6.07, 6.45) is -0.507. The van der Waals surface area contributed by atoms with Crippen LogP contribution in [0, 0.1) is 0 Å². The van der Waals surface area contributed by atoms with E-state index in [4.69, 9.17) is 4.74 Å². The Labute approximate surface area is 207 Å². The number of rotatable bonds is 10. The largest absolute Gasteiger partial charge is 0.479 e. The number of carbonyl (C=O) groups is 3. The fourth-order valence-corrected chi connectivity index (χ4v) is 4.83. The highest BCUT2D eigenvalue weighted by Crippen LogP contribution is 2.44. The van der Waals surface area contributed by atoms with E-state index in [1.807, 2.05) is 24.3 Å². The van der Waals surface area contributed by atoms with Crippen LogP contribution < -0.4 is 10.6 Å². The summed E-state index contributed by atoms with van der Waals surface area (Å²) in [5, 5.41) is 14.6. The summed E-state index contributed by atoms with van der Waals surface area (Å²) < 4.78 is 5.49. The lowest BCUT2D eigenvalue weighted by atomic mass is 9.98. The van der Waals surface area contributed by atoms with Crippen LogP contribution in [0.1, 0.15) is 28.7 Å². The number of aliphatic carboxylic acids is 1. The Morgan fingerprint density at radius 2 is 1.49 bits per heavy atom. The molecular weight excluding hydrogens is 464 g/mol. The Morgan fingerprint density at radius 3 is 2.11 bits per heavy atom. The van der Waals surface area contributed by atoms with Gasteiger partial charge in [-0.2, -0.15) is 11.8 Å². The van der Waals surface area contributed by atoms with Crippen LogP contribution in [0.4, 0.5) is 4.79 Å². The maximum atomic E-state index is 12.2. The summed E-state index contributed by atoms with van der Waals surface area (Å²) in [7, 11) is 0. The van der Waals surface area contributed by atoms with Gasteiger partial charge in [0.05, 0.1) is 5.75 Å². The molecule has 3 aromatic rings. The second-order valence-corrected chi connectivity index (χ2v) is 9.16. The number of carbonyl (C=O) groups excluding carboxylic acids is 2. The summed E-state index contributed by atoms with van der Waals surface area (Å²) in [4.78, 5) is 35.9. The lowest BCUT2D eigenvalue weighted by Gasteiger charge is -2.15. The van der Waals surface area contributed by atoms with E-state index in [9.17, 15) is 19.5 Å². The molecule has 0 saturated heterocycles. The quantitative estimate of drug-likeness (QED) is 0.368. The third-order valence-corrected chi connectivity index (χ3v) is 6.74. The van der Waals surface area contributed by atoms with Crippen molar-refractivity contribution in [3.05, 3.63) is 95.6 Å². The van der Waals surface area contributed by atoms with Crippen molar-refractivity contribution in [2.75, 3.05) is 24.7 Å². The normalized spacial score (nSPS) is 12.8. The average Bonchev–Trinajstić information content (AvgIpc) is 3.20. The van der Waals surface area contributed by atoms with E-state index in [0.717, 1.165) is 11.1 Å². The molecule has 0 fully saturated rings. The standard InChI is InChI=1S/C27H26N2O5S/c30-24(29-25(26(31)32)18-8-2-1-3-9-18)17-35-15-14-28-27(33)34-16-23-21-12-6-4-10-19(21)20-11-5-7-13-22(20)23/h1-13,23,25H,14-17H2,(H,28,33)(H,29,30)(H,31,32). The van der Waals surface area contributed by atoms with Crippen LogP contribution in [0.25, 0.3) is 11.1 Å². The molecule has 1 aliphatic rings. The van der Waals surface area contributed by atoms with E-state index >= 15 is 0 Å². The molecule has 0 saturated carbocycles. The van der Waals surface area contributed by atoms with Gasteiger partial charge in [0.15, 0.2) is 6.04 Å². The number of hydrogen-bond acceptors (Lipinski definition) is 5. The first kappa shape index (κ1) is 24.3. The molecule has 0 aliphatic heterocycles. The molecule has 1 unspecified atom stereocenters. The highest BCUT2D eigenvalue weighted by atomic mass is 32.2. The molecule has 3 N–H and O–H groups in total. The summed E-state index contributed by atoms with van der Waals surface area (Å²) in [5.74, 6) is -0.930. The number of benzene rings is 3. The summed E-state index contributed by atoms with van der Waals surface area (Å²) in [6.45, 7) is 0.571. The number of nitrogens with one attached hydrogen (secondary N) is 2. The van der Waals surface area contributed by atoms with E-state index in [-0.39, 0.29) is 24.2 Å². The van der Waals surface area contributed by atoms with Crippen molar-refractivity contribution >= 4 is 29.7 Å². The molecule has 8 heteroatoms. The van der Waals surface area contributed by atoms with Gasteiger partial charge in [-0.15, -0.1) is 0 Å². The number of thioether (sulfide) groups is 1. The van der Waals surface area contributed by atoms with Crippen molar-refractivity contribution in [2.24, 2.45) is 0 Å². The van der Waals surface area contributed by atoms with Crippen molar-refractivity contribution < 1.29 is 24.2 Å². The fraction of sp³-hybridized carbons (Fsp3) is 0.222. The number of carboxylic acid groups (broad SMARTS) is 1. The molecule has 35 heavy (non-hydrogen) atoms. The first-order valence-corrected chi connectivity index (χ1v) is 12.4. The minimum absolute atomic E-state index is 0.00184. The topological polar surface area (TPSA) is 105 Å². The molecule has 180 valence electrons. The van der Waals surface area contributed by atoms with Gasteiger partial charge >= 0.3 is 12.1 Å². The van der Waals surface area contributed by atoms with Crippen LogP contribution >= 0.6 is 11.8 Å². The highest BCUT2D eigenvalue weighted by molar-refractivity contribution is 7.99. The second kappa shape index (κ2) is 11.6. The monoisotopic (exact) mass is 490 g/mol. The van der Waals surface area contributed by atoms with Gasteiger partial charge in [-0.25, -0.2) is 9.59 Å². The van der Waals surface area contributed by atoms with E-state index in [1.54, 1.807) is 30.3 Å². The molecule has 0 heterocycles. The Bertz CT molecular complexity index is 1160. The van der Waals surface area contributed by atoms with E-state index in [2.05, 4.69) is 34.9 Å². The van der Waals surface area contributed by atoms with Crippen molar-refractivity contribution in [3.63, 3.8) is 0 Å². The Balaban J connectivity index is 1.18. The minimum atomic E-state index is -1.12. The Hall–Kier alpha value is -3.78. The maximum absolute atomic E-state index is 12.2. The maximum Gasteiger partial charge on any atom is 0.407 e. The molecule has 1 atom stereocenters. The zero-order valence-electron chi connectivity index (χ0n) is 19.0. The van der Waals surface area contributed by atoms with Gasteiger partial charge in [0.1, 0.15) is 6.61 Å². The first-order chi connectivity index (χ1) is 17.0. The van der Waals surface area contributed by atoms with E-state index in [0.29, 0.717) is 17.9 Å². The highest BCUT2D eigenvalue weighted by Gasteiger charge is 2.29. The van der Waals surface area contributed by atoms with E-state index in [1.165, 1.54) is 22.9 Å². The summed E-state index contributed by atoms with van der Waals surface area (Å²) in [5.41, 5.74) is 5.15. The van der Waals surface area contributed by atoms with Gasteiger partial charge < -0.3 is 20.5 Å². The van der Waals surface area contributed by atoms with Gasteiger partial charge in [0, 0.05) is 18.2 Å². The van der Waals surface area contributed by atoms with E-state index < -0.39 is 18.1 Å². The first-order valence-electron chi connectivity index (χ1n) is 11.3. The molecule has 2 amide bonds. The van der Waals surface area contributed by atoms with Gasteiger partial charge in [-0.3, -0.25) is 4.79 Å². The average molecular weight is 491 g/mol. The predicted octanol–water partition coefficient (Wildman–Crippen LogP) is 4.20. The van der Waals surface area contributed by atoms with Crippen LogP contribution in [0.3, 0.4) is 0 Å². The fourth-order valence-electron chi connectivity index (χ4n) is 4.18. The van der Waals surface area contributed by atoms with Crippen LogP contribution in [0.2, 0.25) is 0 Å². The van der Waals surface area contributed by atoms with Crippen molar-refractivity contribution in [1.29, 1.82) is 0 Å². The summed E-state index contributed by atoms with van der Waals surface area (Å²) in [6, 6.07) is 23.7. The van der Waals surface area contributed by atoms with Crippen LogP contribution in [0.5, 0.6) is 0 Å². The zero-order valence-corrected chi connectivity index (χ0v) is 19.8. The van der Waals surface area contributed by atoms with Crippen molar-refractivity contribution in [2.45, 2.75) is 12.0 Å². The van der Waals surface area contributed by atoms with Gasteiger partial charge in [0.2, 0.25) is 5.91 Å². The predicted molar refractivity (Wildman–Crippen MR) is 135 cm³/mol. The van der Waals surface area contributed by atoms with Crippen LogP contribution in [-0.2, 0) is 14.3 Å². The van der Waals surface area contributed by atoms with Crippen LogP contribution in [-0.4, -0.2) is 47.7 Å². The molecule has 3 aromatic carbocycles. The minimum Gasteiger partial charge on any atom is -0.479 e. The van der Waals surface area contributed by atoms with Crippen molar-refractivity contribution in [1.82, 2.24) is 10.6 Å². The number of hydrogen-bond donors (Lipinski definition) is 3. The number of amides is 2. The third-order valence-electron chi connectivity index (χ3n) is 5.78. The molecule has 0 spiro atoms. The van der Waals surface area contributed by atoms with Gasteiger partial charge in [-0.05, 0) is 27.8 Å². The molecule has 1 aliphatic carbocycles. The molecule has 7 nitrogen and oxygen atoms in total. The van der Waals surface area contributed by atoms with Gasteiger partial charge in [-0.1, -0.05) is 78.9 Å². The number of carboxylic acids is 1. The third kappa shape index (κ3) is 6.02. The Kier molecular flexibility index (Phi) is 8.05. The van der Waals surface area contributed by atoms with Crippen molar-refractivity contribution in [3.8, 4) is 11.1 Å². The molecule has 4 rings (SSSR count). The Morgan fingerprint density at radius 1 is 0.886 bits per heavy atom. The molecule has 0 bridgehead atoms. The lowest BCUT2D eigenvalue weighted by molar-refractivity contribution is -0.141. The van der Waals surface area contributed by atoms with Gasteiger partial charge in [0.25, 0.3) is 0 Å².